The molecule has 0 aromatic carbocycles. The molecule has 0 aliphatic carbocycles. The highest BCUT2D eigenvalue weighted by Gasteiger charge is 2.15. The number of anilines is 1. The summed E-state index contributed by atoms with van der Waals surface area (Å²) in [6, 6.07) is 1.53. The van der Waals surface area contributed by atoms with Gasteiger partial charge in [0.05, 0.1) is 13.4 Å². The number of methoxy groups -OCH3 is 1. The molecule has 2 heterocycles. The summed E-state index contributed by atoms with van der Waals surface area (Å²) >= 11 is 0. The number of carbonyl (C=O) groups excluding carboxylic acids is 2. The fraction of sp³-hybridized carbons (Fsp3) is 0.250. The number of nitrogens with zero attached hydrogens (tertiary/aromatic N) is 3. The van der Waals surface area contributed by atoms with Crippen LogP contribution in [0.4, 0.5) is 5.82 Å². The van der Waals surface area contributed by atoms with Crippen LogP contribution in [0.25, 0.3) is 0 Å². The number of aromatic nitrogens is 3. The Morgan fingerprint density at radius 2 is 2.24 bits per heavy atom. The molecule has 1 amide bonds. The molecule has 2 rings (SSSR count). The molecular weight excluding hydrogens is 280 g/mol. The molecule has 0 saturated heterocycles. The molecule has 0 fully saturated rings. The zero-order chi connectivity index (χ0) is 15.4. The molecule has 0 aliphatic heterocycles. The van der Waals surface area contributed by atoms with Crippen molar-refractivity contribution in [3.05, 3.63) is 40.3 Å². The maximum atomic E-state index is 12.0. The van der Waals surface area contributed by atoms with Crippen molar-refractivity contribution in [3.63, 3.8) is 0 Å². The predicted octanol–water partition coefficient (Wildman–Crippen LogP) is -0.0350. The molecule has 110 valence electrons. The van der Waals surface area contributed by atoms with Gasteiger partial charge in [-0.15, -0.1) is 0 Å². The van der Waals surface area contributed by atoms with Crippen molar-refractivity contribution in [2.45, 2.75) is 13.5 Å². The van der Waals surface area contributed by atoms with Crippen molar-refractivity contribution in [3.8, 4) is 0 Å². The zero-order valence-electron chi connectivity index (χ0n) is 11.3. The lowest BCUT2D eigenvalue weighted by Gasteiger charge is -2.06. The molecule has 0 radical (unpaired) electrons. The Morgan fingerprint density at radius 3 is 2.86 bits per heavy atom. The molecule has 0 atom stereocenters. The second-order valence-electron chi connectivity index (χ2n) is 4.10. The molecule has 2 aromatic heterocycles. The number of rotatable bonds is 4. The molecule has 0 aliphatic rings. The monoisotopic (exact) mass is 292 g/mol. The Labute approximate surface area is 118 Å². The number of ether oxygens (including phenoxy) is 1. The van der Waals surface area contributed by atoms with Gasteiger partial charge in [0, 0.05) is 12.3 Å². The molecule has 0 bridgehead atoms. The predicted molar refractivity (Wildman–Crippen MR) is 69.7 cm³/mol. The molecular formula is C12H12N4O5. The summed E-state index contributed by atoms with van der Waals surface area (Å²) in [6.45, 7) is 1.36. The average molecular weight is 292 g/mol. The van der Waals surface area contributed by atoms with Crippen molar-refractivity contribution in [1.29, 1.82) is 0 Å². The van der Waals surface area contributed by atoms with Crippen LogP contribution in [0.3, 0.4) is 0 Å². The summed E-state index contributed by atoms with van der Waals surface area (Å²) in [5, 5.41) is 6.05. The van der Waals surface area contributed by atoms with Crippen LogP contribution in [0.15, 0.2) is 27.9 Å². The minimum Gasteiger partial charge on any atom is -0.465 e. The lowest BCUT2D eigenvalue weighted by Crippen LogP contribution is -2.31. The van der Waals surface area contributed by atoms with E-state index in [0.29, 0.717) is 5.76 Å². The first-order chi connectivity index (χ1) is 10.0. The van der Waals surface area contributed by atoms with E-state index in [1.54, 1.807) is 6.92 Å². The van der Waals surface area contributed by atoms with E-state index in [4.69, 9.17) is 4.52 Å². The number of hydrogen-bond acceptors (Lipinski definition) is 7. The smallest absolute Gasteiger partial charge is 0.345 e. The summed E-state index contributed by atoms with van der Waals surface area (Å²) < 4.78 is 10.3. The van der Waals surface area contributed by atoms with Crippen molar-refractivity contribution in [1.82, 2.24) is 14.7 Å². The molecule has 2 aromatic rings. The maximum Gasteiger partial charge on any atom is 0.345 e. The fourth-order valence-corrected chi connectivity index (χ4v) is 1.58. The average Bonchev–Trinajstić information content (AvgIpc) is 2.85. The van der Waals surface area contributed by atoms with E-state index < -0.39 is 17.4 Å². The van der Waals surface area contributed by atoms with E-state index in [1.165, 1.54) is 6.07 Å². The van der Waals surface area contributed by atoms with Crippen molar-refractivity contribution < 1.29 is 18.8 Å². The SMILES string of the molecule is COC(=O)c1cncn(CC(=O)Nc2cc(C)on2)c1=O. The number of aryl methyl sites for hydroxylation is 1. The van der Waals surface area contributed by atoms with Gasteiger partial charge in [-0.3, -0.25) is 14.2 Å². The Balaban J connectivity index is 2.14. The van der Waals surface area contributed by atoms with Crippen LogP contribution < -0.4 is 10.9 Å². The standard InChI is InChI=1S/C12H12N4O5/c1-7-3-9(15-21-7)14-10(17)5-16-6-13-4-8(11(16)18)12(19)20-2/h3-4,6H,5H2,1-2H3,(H,14,15,17). The largest absolute Gasteiger partial charge is 0.465 e. The lowest BCUT2D eigenvalue weighted by molar-refractivity contribution is -0.116. The fourth-order valence-electron chi connectivity index (χ4n) is 1.58. The highest BCUT2D eigenvalue weighted by Crippen LogP contribution is 2.06. The number of esters is 1. The van der Waals surface area contributed by atoms with Crippen molar-refractivity contribution >= 4 is 17.7 Å². The van der Waals surface area contributed by atoms with E-state index in [9.17, 15) is 14.4 Å². The van der Waals surface area contributed by atoms with E-state index in [0.717, 1.165) is 24.2 Å². The first-order valence-corrected chi connectivity index (χ1v) is 5.87. The van der Waals surface area contributed by atoms with E-state index in [2.05, 4.69) is 20.2 Å². The summed E-state index contributed by atoms with van der Waals surface area (Å²) in [4.78, 5) is 38.9. The number of amides is 1. The van der Waals surface area contributed by atoms with Gasteiger partial charge in [0.25, 0.3) is 5.56 Å². The summed E-state index contributed by atoms with van der Waals surface area (Å²) in [6.07, 6.45) is 2.24. The quantitative estimate of drug-likeness (QED) is 0.786. The zero-order valence-corrected chi connectivity index (χ0v) is 11.3. The van der Waals surface area contributed by atoms with Gasteiger partial charge in [-0.25, -0.2) is 9.78 Å². The van der Waals surface area contributed by atoms with Crippen LogP contribution in [0, 0.1) is 6.92 Å². The lowest BCUT2D eigenvalue weighted by atomic mass is 10.3. The van der Waals surface area contributed by atoms with E-state index in [-0.39, 0.29) is 17.9 Å². The van der Waals surface area contributed by atoms with Gasteiger partial charge in [-0.2, -0.15) is 0 Å². The van der Waals surface area contributed by atoms with Gasteiger partial charge >= 0.3 is 5.97 Å². The first kappa shape index (κ1) is 14.4. The van der Waals surface area contributed by atoms with Crippen LogP contribution in [0.5, 0.6) is 0 Å². The molecule has 0 spiro atoms. The van der Waals surface area contributed by atoms with Crippen molar-refractivity contribution in [2.24, 2.45) is 0 Å². The van der Waals surface area contributed by atoms with Crippen LogP contribution in [0.1, 0.15) is 16.1 Å². The van der Waals surface area contributed by atoms with Gasteiger partial charge in [0.15, 0.2) is 5.82 Å². The third-order valence-corrected chi connectivity index (χ3v) is 2.52. The Bertz CT molecular complexity index is 733. The Kier molecular flexibility index (Phi) is 4.12. The summed E-state index contributed by atoms with van der Waals surface area (Å²) in [7, 11) is 1.15. The highest BCUT2D eigenvalue weighted by molar-refractivity contribution is 5.90. The third kappa shape index (κ3) is 3.32. The van der Waals surface area contributed by atoms with Gasteiger partial charge in [-0.1, -0.05) is 5.16 Å². The summed E-state index contributed by atoms with van der Waals surface area (Å²) in [5.74, 6) is -0.539. The van der Waals surface area contributed by atoms with E-state index >= 15 is 0 Å². The molecule has 0 saturated carbocycles. The number of hydrogen-bond donors (Lipinski definition) is 1. The van der Waals surface area contributed by atoms with Gasteiger partial charge in [0.2, 0.25) is 5.91 Å². The maximum absolute atomic E-state index is 12.0. The van der Waals surface area contributed by atoms with Crippen LogP contribution in [-0.2, 0) is 16.1 Å². The topological polar surface area (TPSA) is 116 Å². The minimum atomic E-state index is -0.811. The van der Waals surface area contributed by atoms with Crippen LogP contribution in [-0.4, -0.2) is 33.7 Å². The Morgan fingerprint density at radius 1 is 1.48 bits per heavy atom. The highest BCUT2D eigenvalue weighted by atomic mass is 16.5. The van der Waals surface area contributed by atoms with E-state index in [1.807, 2.05) is 0 Å². The van der Waals surface area contributed by atoms with Crippen molar-refractivity contribution in [2.75, 3.05) is 12.4 Å². The Hall–Kier alpha value is -2.97. The first-order valence-electron chi connectivity index (χ1n) is 5.87. The van der Waals surface area contributed by atoms with Crippen LogP contribution >= 0.6 is 0 Å². The van der Waals surface area contributed by atoms with Gasteiger partial charge in [0.1, 0.15) is 17.9 Å². The third-order valence-electron chi connectivity index (χ3n) is 2.52. The van der Waals surface area contributed by atoms with Gasteiger partial charge in [-0.05, 0) is 6.92 Å². The molecule has 0 unspecified atom stereocenters. The molecule has 21 heavy (non-hydrogen) atoms. The molecule has 9 nitrogen and oxygen atoms in total. The normalized spacial score (nSPS) is 10.2. The second kappa shape index (κ2) is 5.99. The second-order valence-corrected chi connectivity index (χ2v) is 4.10. The summed E-state index contributed by atoms with van der Waals surface area (Å²) in [5.41, 5.74) is -0.909. The number of nitrogens with one attached hydrogen (secondary N) is 1. The number of carbonyl (C=O) groups is 2. The van der Waals surface area contributed by atoms with Crippen LogP contribution in [0.2, 0.25) is 0 Å². The molecule has 9 heteroatoms. The van der Waals surface area contributed by atoms with Gasteiger partial charge < -0.3 is 14.6 Å². The molecule has 1 N–H and O–H groups in total. The minimum absolute atomic E-state index is 0.239.